The Morgan fingerprint density at radius 2 is 1.96 bits per heavy atom. The summed E-state index contributed by atoms with van der Waals surface area (Å²) in [6.45, 7) is 4.38. The molecule has 3 rings (SSSR count). The van der Waals surface area contributed by atoms with E-state index in [0.29, 0.717) is 12.1 Å². The summed E-state index contributed by atoms with van der Waals surface area (Å²) in [5, 5.41) is 3.37. The van der Waals surface area contributed by atoms with E-state index in [1.807, 2.05) is 12.1 Å². The molecule has 2 aromatic carbocycles. The zero-order valence-corrected chi connectivity index (χ0v) is 13.8. The fourth-order valence-electron chi connectivity index (χ4n) is 2.89. The first-order valence-corrected chi connectivity index (χ1v) is 8.21. The first-order chi connectivity index (χ1) is 11.7. The fraction of sp³-hybridized carbons (Fsp3) is 0.263. The number of fused-ring (bicyclic) bond motifs is 1. The molecule has 0 atom stereocenters. The van der Waals surface area contributed by atoms with Gasteiger partial charge in [0, 0.05) is 24.3 Å². The van der Waals surface area contributed by atoms with Crippen molar-refractivity contribution in [1.29, 1.82) is 0 Å². The minimum Gasteiger partial charge on any atom is -0.366 e. The van der Waals surface area contributed by atoms with Gasteiger partial charge in [0.05, 0.1) is 6.54 Å². The third-order valence-corrected chi connectivity index (χ3v) is 4.13. The van der Waals surface area contributed by atoms with Gasteiger partial charge in [0.2, 0.25) is 5.91 Å². The SMILES string of the molecule is CCNC(=NCc1ccc(C(N)=O)cc1)N1CCc2ccccc21. The number of nitrogens with zero attached hydrogens (tertiary/aromatic N) is 2. The molecular weight excluding hydrogens is 300 g/mol. The summed E-state index contributed by atoms with van der Waals surface area (Å²) in [5.41, 5.74) is 9.41. The molecule has 3 N–H and O–H groups in total. The Hall–Kier alpha value is -2.82. The molecular formula is C19H22N4O. The molecule has 0 aliphatic carbocycles. The van der Waals surface area contributed by atoms with Gasteiger partial charge in [0.25, 0.3) is 0 Å². The Balaban J connectivity index is 1.78. The van der Waals surface area contributed by atoms with Crippen molar-refractivity contribution >= 4 is 17.6 Å². The molecule has 1 aliphatic rings. The minimum absolute atomic E-state index is 0.410. The highest BCUT2D eigenvalue weighted by Gasteiger charge is 2.22. The second-order valence-corrected chi connectivity index (χ2v) is 5.76. The summed E-state index contributed by atoms with van der Waals surface area (Å²) in [4.78, 5) is 18.1. The molecule has 0 radical (unpaired) electrons. The number of guanidine groups is 1. The molecule has 1 amide bonds. The highest BCUT2D eigenvalue weighted by molar-refractivity contribution is 5.98. The zero-order valence-electron chi connectivity index (χ0n) is 13.8. The summed E-state index contributed by atoms with van der Waals surface area (Å²) in [7, 11) is 0. The predicted molar refractivity (Wildman–Crippen MR) is 97.3 cm³/mol. The van der Waals surface area contributed by atoms with Crippen LogP contribution in [0.5, 0.6) is 0 Å². The lowest BCUT2D eigenvalue weighted by molar-refractivity contribution is 0.100. The van der Waals surface area contributed by atoms with Crippen molar-refractivity contribution in [3.8, 4) is 0 Å². The largest absolute Gasteiger partial charge is 0.366 e. The van der Waals surface area contributed by atoms with E-state index >= 15 is 0 Å². The Morgan fingerprint density at radius 1 is 1.21 bits per heavy atom. The summed E-state index contributed by atoms with van der Waals surface area (Å²) >= 11 is 0. The highest BCUT2D eigenvalue weighted by Crippen LogP contribution is 2.27. The second-order valence-electron chi connectivity index (χ2n) is 5.76. The number of hydrogen-bond acceptors (Lipinski definition) is 2. The number of rotatable bonds is 4. The van der Waals surface area contributed by atoms with Gasteiger partial charge in [-0.05, 0) is 42.7 Å². The standard InChI is InChI=1S/C19H22N4O/c1-2-21-19(23-12-11-15-5-3-4-6-17(15)23)22-13-14-7-9-16(10-8-14)18(20)24/h3-10H,2,11-13H2,1H3,(H2,20,24)(H,21,22). The van der Waals surface area contributed by atoms with Crippen LogP contribution in [0.4, 0.5) is 5.69 Å². The van der Waals surface area contributed by atoms with Gasteiger partial charge in [-0.15, -0.1) is 0 Å². The predicted octanol–water partition coefficient (Wildman–Crippen LogP) is 2.31. The molecule has 0 saturated heterocycles. The summed E-state index contributed by atoms with van der Waals surface area (Å²) < 4.78 is 0. The van der Waals surface area contributed by atoms with Crippen LogP contribution in [0.2, 0.25) is 0 Å². The lowest BCUT2D eigenvalue weighted by Crippen LogP contribution is -2.40. The molecule has 0 spiro atoms. The topological polar surface area (TPSA) is 70.7 Å². The second kappa shape index (κ2) is 7.17. The van der Waals surface area contributed by atoms with Gasteiger partial charge in [0.1, 0.15) is 0 Å². The number of amides is 1. The average Bonchev–Trinajstić information content (AvgIpc) is 3.03. The van der Waals surface area contributed by atoms with Gasteiger partial charge in [-0.1, -0.05) is 30.3 Å². The van der Waals surface area contributed by atoms with Gasteiger partial charge in [-0.25, -0.2) is 4.99 Å². The molecule has 1 heterocycles. The van der Waals surface area contributed by atoms with Crippen molar-refractivity contribution in [3.05, 3.63) is 65.2 Å². The molecule has 124 valence electrons. The molecule has 0 saturated carbocycles. The Labute approximate surface area is 142 Å². The number of primary amides is 1. The van der Waals surface area contributed by atoms with Gasteiger partial charge >= 0.3 is 0 Å². The Bertz CT molecular complexity index is 752. The number of para-hydroxylation sites is 1. The number of nitrogens with one attached hydrogen (secondary N) is 1. The van der Waals surface area contributed by atoms with E-state index in [0.717, 1.165) is 31.0 Å². The maximum Gasteiger partial charge on any atom is 0.248 e. The molecule has 2 aromatic rings. The molecule has 0 unspecified atom stereocenters. The van der Waals surface area contributed by atoms with Crippen LogP contribution in [0, 0.1) is 0 Å². The van der Waals surface area contributed by atoms with Crippen LogP contribution >= 0.6 is 0 Å². The maximum absolute atomic E-state index is 11.1. The van der Waals surface area contributed by atoms with E-state index in [4.69, 9.17) is 10.7 Å². The van der Waals surface area contributed by atoms with Crippen molar-refractivity contribution in [1.82, 2.24) is 5.32 Å². The lowest BCUT2D eigenvalue weighted by atomic mass is 10.1. The Kier molecular flexibility index (Phi) is 4.79. The number of benzene rings is 2. The first kappa shape index (κ1) is 16.1. The number of aliphatic imine (C=N–C) groups is 1. The normalized spacial score (nSPS) is 13.7. The van der Waals surface area contributed by atoms with Crippen LogP contribution in [0.15, 0.2) is 53.5 Å². The fourth-order valence-corrected chi connectivity index (χ4v) is 2.89. The quantitative estimate of drug-likeness (QED) is 0.670. The molecule has 5 nitrogen and oxygen atoms in total. The average molecular weight is 322 g/mol. The van der Waals surface area contributed by atoms with Crippen LogP contribution in [-0.2, 0) is 13.0 Å². The third kappa shape index (κ3) is 3.40. The maximum atomic E-state index is 11.1. The number of nitrogens with two attached hydrogens (primary N) is 1. The van der Waals surface area contributed by atoms with E-state index < -0.39 is 5.91 Å². The van der Waals surface area contributed by atoms with E-state index in [2.05, 4.69) is 41.4 Å². The molecule has 1 aliphatic heterocycles. The molecule has 0 fully saturated rings. The van der Waals surface area contributed by atoms with E-state index in [1.165, 1.54) is 11.3 Å². The molecule has 0 bridgehead atoms. The molecule has 0 aromatic heterocycles. The Morgan fingerprint density at radius 3 is 2.67 bits per heavy atom. The molecule has 24 heavy (non-hydrogen) atoms. The summed E-state index contributed by atoms with van der Waals surface area (Å²) in [6.07, 6.45) is 1.04. The third-order valence-electron chi connectivity index (χ3n) is 4.13. The van der Waals surface area contributed by atoms with Crippen LogP contribution in [0.25, 0.3) is 0 Å². The zero-order chi connectivity index (χ0) is 16.9. The highest BCUT2D eigenvalue weighted by atomic mass is 16.1. The molecule has 5 heteroatoms. The number of carbonyl (C=O) groups excluding carboxylic acids is 1. The van der Waals surface area contributed by atoms with E-state index in [1.54, 1.807) is 12.1 Å². The van der Waals surface area contributed by atoms with Gasteiger partial charge in [-0.2, -0.15) is 0 Å². The van der Waals surface area contributed by atoms with Crippen molar-refractivity contribution in [2.45, 2.75) is 19.9 Å². The van der Waals surface area contributed by atoms with Crippen molar-refractivity contribution in [2.24, 2.45) is 10.7 Å². The summed E-state index contributed by atoms with van der Waals surface area (Å²) in [5.74, 6) is 0.480. The summed E-state index contributed by atoms with van der Waals surface area (Å²) in [6, 6.07) is 15.7. The van der Waals surface area contributed by atoms with Gasteiger partial charge in [0.15, 0.2) is 5.96 Å². The van der Waals surface area contributed by atoms with Crippen LogP contribution < -0.4 is 16.0 Å². The van der Waals surface area contributed by atoms with Gasteiger partial charge < -0.3 is 16.0 Å². The van der Waals surface area contributed by atoms with Crippen molar-refractivity contribution in [3.63, 3.8) is 0 Å². The first-order valence-electron chi connectivity index (χ1n) is 8.21. The van der Waals surface area contributed by atoms with Gasteiger partial charge in [-0.3, -0.25) is 4.79 Å². The smallest absolute Gasteiger partial charge is 0.248 e. The number of carbonyl (C=O) groups is 1. The number of hydrogen-bond donors (Lipinski definition) is 2. The van der Waals surface area contributed by atoms with Crippen LogP contribution in [-0.4, -0.2) is 25.0 Å². The monoisotopic (exact) mass is 322 g/mol. The minimum atomic E-state index is -0.410. The van der Waals surface area contributed by atoms with E-state index in [-0.39, 0.29) is 0 Å². The van der Waals surface area contributed by atoms with Crippen molar-refractivity contribution in [2.75, 3.05) is 18.0 Å². The van der Waals surface area contributed by atoms with Crippen molar-refractivity contribution < 1.29 is 4.79 Å². The van der Waals surface area contributed by atoms with Crippen LogP contribution in [0.1, 0.15) is 28.4 Å². The van der Waals surface area contributed by atoms with Crippen LogP contribution in [0.3, 0.4) is 0 Å². The van der Waals surface area contributed by atoms with E-state index in [9.17, 15) is 4.79 Å². The lowest BCUT2D eigenvalue weighted by Gasteiger charge is -2.22. The number of anilines is 1.